The van der Waals surface area contributed by atoms with Crippen LogP contribution in [-0.2, 0) is 17.5 Å². The van der Waals surface area contributed by atoms with Crippen LogP contribution in [0, 0.1) is 24.0 Å². The molecule has 0 bridgehead atoms. The van der Waals surface area contributed by atoms with E-state index in [0.717, 1.165) is 16.3 Å². The van der Waals surface area contributed by atoms with E-state index >= 15 is 0 Å². The molecule has 1 amide bonds. The molecule has 2 aromatic carbocycles. The average molecular weight is 448 g/mol. The third-order valence-corrected chi connectivity index (χ3v) is 4.46. The van der Waals surface area contributed by atoms with Crippen LogP contribution in [0.4, 0.5) is 24.5 Å². The van der Waals surface area contributed by atoms with E-state index < -0.39 is 22.7 Å². The molecule has 0 saturated heterocycles. The number of ether oxygens (including phenoxy) is 1. The van der Waals surface area contributed by atoms with Crippen molar-refractivity contribution in [1.29, 1.82) is 0 Å². The molecule has 8 nitrogen and oxygen atoms in total. The predicted molar refractivity (Wildman–Crippen MR) is 110 cm³/mol. The molecular formula is C21H19F3N4O4. The van der Waals surface area contributed by atoms with E-state index in [9.17, 15) is 28.1 Å². The van der Waals surface area contributed by atoms with Gasteiger partial charge in [-0.2, -0.15) is 18.3 Å². The standard InChI is InChI=1S/C21H19F3N4O4/c1-13-3-5-17(6-4-13)32-18-11-15(10-16(12-18)28(30)31)25-20(29)7-8-27-14(2)9-19(26-27)21(22,23)24/h3-6,9-12H,7-8H2,1-2H3,(H,25,29). The van der Waals surface area contributed by atoms with Gasteiger partial charge in [-0.15, -0.1) is 0 Å². The van der Waals surface area contributed by atoms with Crippen molar-refractivity contribution in [2.24, 2.45) is 0 Å². The largest absolute Gasteiger partial charge is 0.457 e. The van der Waals surface area contributed by atoms with E-state index in [0.29, 0.717) is 5.75 Å². The van der Waals surface area contributed by atoms with Crippen LogP contribution in [0.5, 0.6) is 11.5 Å². The lowest BCUT2D eigenvalue weighted by Gasteiger charge is -2.10. The van der Waals surface area contributed by atoms with E-state index in [1.54, 1.807) is 12.1 Å². The van der Waals surface area contributed by atoms with Crippen LogP contribution in [0.2, 0.25) is 0 Å². The predicted octanol–water partition coefficient (Wildman–Crippen LogP) is 5.25. The van der Waals surface area contributed by atoms with Crippen molar-refractivity contribution in [2.75, 3.05) is 5.32 Å². The zero-order chi connectivity index (χ0) is 23.5. The Bertz CT molecular complexity index is 1140. The van der Waals surface area contributed by atoms with E-state index in [2.05, 4.69) is 10.4 Å². The number of benzene rings is 2. The van der Waals surface area contributed by atoms with Gasteiger partial charge in [-0.3, -0.25) is 19.6 Å². The van der Waals surface area contributed by atoms with Crippen molar-refractivity contribution >= 4 is 17.3 Å². The number of aromatic nitrogens is 2. The molecule has 0 saturated carbocycles. The van der Waals surface area contributed by atoms with Gasteiger partial charge in [-0.1, -0.05) is 17.7 Å². The number of hydrogen-bond acceptors (Lipinski definition) is 5. The lowest BCUT2D eigenvalue weighted by molar-refractivity contribution is -0.384. The number of carbonyl (C=O) groups excluding carboxylic acids is 1. The molecule has 0 aliphatic heterocycles. The van der Waals surface area contributed by atoms with Crippen molar-refractivity contribution in [3.8, 4) is 11.5 Å². The summed E-state index contributed by atoms with van der Waals surface area (Å²) in [5, 5.41) is 17.2. The summed E-state index contributed by atoms with van der Waals surface area (Å²) in [6.07, 6.45) is -4.76. The van der Waals surface area contributed by atoms with Crippen molar-refractivity contribution < 1.29 is 27.6 Å². The highest BCUT2D eigenvalue weighted by molar-refractivity contribution is 5.91. The molecular weight excluding hydrogens is 429 g/mol. The maximum Gasteiger partial charge on any atom is 0.435 e. The van der Waals surface area contributed by atoms with Gasteiger partial charge in [-0.25, -0.2) is 0 Å². The molecule has 1 heterocycles. The lowest BCUT2D eigenvalue weighted by Crippen LogP contribution is -2.16. The molecule has 3 rings (SSSR count). The van der Waals surface area contributed by atoms with E-state index in [1.165, 1.54) is 25.1 Å². The van der Waals surface area contributed by atoms with Crippen LogP contribution in [-0.4, -0.2) is 20.6 Å². The normalized spacial score (nSPS) is 11.3. The number of alkyl halides is 3. The second-order valence-corrected chi connectivity index (χ2v) is 7.08. The van der Waals surface area contributed by atoms with Crippen LogP contribution in [0.25, 0.3) is 0 Å². The first-order valence-corrected chi connectivity index (χ1v) is 9.47. The number of rotatable bonds is 7. The average Bonchev–Trinajstić information content (AvgIpc) is 3.09. The number of anilines is 1. The maximum absolute atomic E-state index is 12.8. The zero-order valence-corrected chi connectivity index (χ0v) is 17.1. The molecule has 0 atom stereocenters. The molecule has 0 unspecified atom stereocenters. The highest BCUT2D eigenvalue weighted by Crippen LogP contribution is 2.30. The third-order valence-electron chi connectivity index (χ3n) is 4.46. The smallest absolute Gasteiger partial charge is 0.435 e. The van der Waals surface area contributed by atoms with Crippen molar-refractivity contribution in [1.82, 2.24) is 9.78 Å². The maximum atomic E-state index is 12.8. The lowest BCUT2D eigenvalue weighted by atomic mass is 10.2. The number of non-ortho nitro benzene ring substituents is 1. The fourth-order valence-electron chi connectivity index (χ4n) is 2.87. The fourth-order valence-corrected chi connectivity index (χ4v) is 2.87. The number of nitro benzene ring substituents is 1. The van der Waals surface area contributed by atoms with Crippen molar-refractivity contribution in [3.05, 3.63) is 75.6 Å². The minimum absolute atomic E-state index is 0.0879. The van der Waals surface area contributed by atoms with Gasteiger partial charge < -0.3 is 10.1 Å². The molecule has 0 radical (unpaired) electrons. The van der Waals surface area contributed by atoms with Gasteiger partial charge in [0, 0.05) is 30.8 Å². The summed E-state index contributed by atoms with van der Waals surface area (Å²) in [6, 6.07) is 11.7. The highest BCUT2D eigenvalue weighted by Gasteiger charge is 2.34. The van der Waals surface area contributed by atoms with Crippen molar-refractivity contribution in [2.45, 2.75) is 33.0 Å². The van der Waals surface area contributed by atoms with Gasteiger partial charge in [0.2, 0.25) is 5.91 Å². The molecule has 3 aromatic rings. The Morgan fingerprint density at radius 3 is 2.41 bits per heavy atom. The van der Waals surface area contributed by atoms with Crippen LogP contribution < -0.4 is 10.1 Å². The van der Waals surface area contributed by atoms with E-state index in [4.69, 9.17) is 4.74 Å². The summed E-state index contributed by atoms with van der Waals surface area (Å²) in [4.78, 5) is 22.9. The first-order chi connectivity index (χ1) is 15.0. The minimum atomic E-state index is -4.57. The van der Waals surface area contributed by atoms with Gasteiger partial charge in [0.05, 0.1) is 16.7 Å². The second kappa shape index (κ2) is 9.08. The monoisotopic (exact) mass is 448 g/mol. The molecule has 0 aliphatic rings. The van der Waals surface area contributed by atoms with Gasteiger partial charge in [0.1, 0.15) is 11.5 Å². The summed E-state index contributed by atoms with van der Waals surface area (Å²) in [5.74, 6) is 0.0642. The Hall–Kier alpha value is -3.89. The topological polar surface area (TPSA) is 99.3 Å². The quantitative estimate of drug-likeness (QED) is 0.393. The fraction of sp³-hybridized carbons (Fsp3) is 0.238. The molecule has 0 fully saturated rings. The molecule has 32 heavy (non-hydrogen) atoms. The number of halogens is 3. The van der Waals surface area contributed by atoms with Crippen LogP contribution >= 0.6 is 0 Å². The SMILES string of the molecule is Cc1ccc(Oc2cc(NC(=O)CCn3nc(C(F)(F)F)cc3C)cc([N+](=O)[O-])c2)cc1. The molecule has 0 aliphatic carbocycles. The first kappa shape index (κ1) is 22.8. The number of amides is 1. The number of nitrogens with one attached hydrogen (secondary N) is 1. The Balaban J connectivity index is 1.71. The van der Waals surface area contributed by atoms with Gasteiger partial charge in [0.15, 0.2) is 5.69 Å². The summed E-state index contributed by atoms with van der Waals surface area (Å²) >= 11 is 0. The Labute approximate surface area is 180 Å². The Kier molecular flexibility index (Phi) is 6.47. The van der Waals surface area contributed by atoms with Gasteiger partial charge >= 0.3 is 6.18 Å². The number of aryl methyl sites for hydroxylation is 3. The third kappa shape index (κ3) is 5.84. The number of carbonyl (C=O) groups is 1. The van der Waals surface area contributed by atoms with Crippen LogP contribution in [0.15, 0.2) is 48.5 Å². The Morgan fingerprint density at radius 2 is 1.81 bits per heavy atom. The van der Waals surface area contributed by atoms with E-state index in [1.807, 2.05) is 19.1 Å². The summed E-state index contributed by atoms with van der Waals surface area (Å²) in [6.45, 7) is 3.27. The summed E-state index contributed by atoms with van der Waals surface area (Å²) in [5.41, 5.74) is 0.0718. The highest BCUT2D eigenvalue weighted by atomic mass is 19.4. The zero-order valence-electron chi connectivity index (χ0n) is 17.1. The number of hydrogen-bond donors (Lipinski definition) is 1. The minimum Gasteiger partial charge on any atom is -0.457 e. The molecule has 11 heteroatoms. The van der Waals surface area contributed by atoms with Crippen molar-refractivity contribution in [3.63, 3.8) is 0 Å². The molecule has 168 valence electrons. The van der Waals surface area contributed by atoms with Crippen LogP contribution in [0.1, 0.15) is 23.4 Å². The first-order valence-electron chi connectivity index (χ1n) is 9.47. The number of nitrogens with zero attached hydrogens (tertiary/aromatic N) is 3. The van der Waals surface area contributed by atoms with Gasteiger partial charge in [-0.05, 0) is 32.0 Å². The van der Waals surface area contributed by atoms with Gasteiger partial charge in [0.25, 0.3) is 5.69 Å². The summed E-state index contributed by atoms with van der Waals surface area (Å²) in [7, 11) is 0. The second-order valence-electron chi connectivity index (χ2n) is 7.08. The molecule has 0 spiro atoms. The number of nitro groups is 1. The van der Waals surface area contributed by atoms with Crippen LogP contribution in [0.3, 0.4) is 0 Å². The Morgan fingerprint density at radius 1 is 1.12 bits per heavy atom. The molecule has 1 N–H and O–H groups in total. The van der Waals surface area contributed by atoms with E-state index in [-0.39, 0.29) is 35.8 Å². The summed E-state index contributed by atoms with van der Waals surface area (Å²) < 4.78 is 45.0. The molecule has 1 aromatic heterocycles.